The van der Waals surface area contributed by atoms with Crippen LogP contribution in [0.25, 0.3) is 22.2 Å². The Morgan fingerprint density at radius 1 is 1.27 bits per heavy atom. The fourth-order valence-corrected chi connectivity index (χ4v) is 4.18. The molecule has 0 radical (unpaired) electrons. The van der Waals surface area contributed by atoms with Gasteiger partial charge in [-0.15, -0.1) is 0 Å². The summed E-state index contributed by atoms with van der Waals surface area (Å²) in [5.74, 6) is 1.88. The lowest BCUT2D eigenvalue weighted by molar-refractivity contribution is 0.113. The maximum Gasteiger partial charge on any atom is 0.129 e. The number of aromatic amines is 1. The second-order valence-corrected chi connectivity index (χ2v) is 6.86. The lowest BCUT2D eigenvalue weighted by Gasteiger charge is -2.24. The first-order valence-corrected chi connectivity index (χ1v) is 9.29. The molecule has 0 aliphatic carbocycles. The number of ether oxygens (including phenoxy) is 2. The van der Waals surface area contributed by atoms with E-state index in [0.717, 1.165) is 59.7 Å². The Labute approximate surface area is 152 Å². The molecule has 6 nitrogen and oxygen atoms in total. The maximum absolute atomic E-state index is 5.82. The van der Waals surface area contributed by atoms with Crippen molar-refractivity contribution in [3.63, 3.8) is 0 Å². The highest BCUT2D eigenvalue weighted by Crippen LogP contribution is 2.35. The molecule has 4 heterocycles. The van der Waals surface area contributed by atoms with Gasteiger partial charge in [-0.2, -0.15) is 5.10 Å². The van der Waals surface area contributed by atoms with Crippen molar-refractivity contribution < 1.29 is 9.47 Å². The smallest absolute Gasteiger partial charge is 0.129 e. The molecule has 0 saturated carbocycles. The van der Waals surface area contributed by atoms with Gasteiger partial charge in [0.05, 0.1) is 24.3 Å². The Balaban J connectivity index is 1.53. The van der Waals surface area contributed by atoms with E-state index in [1.54, 1.807) is 0 Å². The summed E-state index contributed by atoms with van der Waals surface area (Å²) in [5.41, 5.74) is 3.01. The van der Waals surface area contributed by atoms with Gasteiger partial charge < -0.3 is 14.4 Å². The third kappa shape index (κ3) is 2.52. The number of anilines is 1. The number of pyridine rings is 1. The third-order valence-electron chi connectivity index (χ3n) is 5.39. The van der Waals surface area contributed by atoms with Gasteiger partial charge >= 0.3 is 0 Å². The molecule has 2 saturated heterocycles. The number of fused-ring (bicyclic) bond motifs is 2. The quantitative estimate of drug-likeness (QED) is 0.781. The van der Waals surface area contributed by atoms with Crippen molar-refractivity contribution in [3.05, 3.63) is 36.5 Å². The molecule has 5 rings (SSSR count). The maximum atomic E-state index is 5.82. The first-order chi connectivity index (χ1) is 12.8. The number of hydrogen-bond acceptors (Lipinski definition) is 5. The number of aromatic nitrogens is 3. The van der Waals surface area contributed by atoms with Crippen LogP contribution in [0, 0.1) is 0 Å². The minimum Gasteiger partial charge on any atom is -0.494 e. The molecule has 0 amide bonds. The molecule has 1 N–H and O–H groups in total. The molecule has 2 atom stereocenters. The van der Waals surface area contributed by atoms with Crippen LogP contribution in [0.15, 0.2) is 36.5 Å². The van der Waals surface area contributed by atoms with Crippen LogP contribution in [0.4, 0.5) is 5.82 Å². The summed E-state index contributed by atoms with van der Waals surface area (Å²) >= 11 is 0. The van der Waals surface area contributed by atoms with E-state index in [0.29, 0.717) is 18.8 Å². The lowest BCUT2D eigenvalue weighted by atomic mass is 10.1. The summed E-state index contributed by atoms with van der Waals surface area (Å²) < 4.78 is 11.5. The molecule has 2 fully saturated rings. The predicted molar refractivity (Wildman–Crippen MR) is 101 cm³/mol. The van der Waals surface area contributed by atoms with Crippen LogP contribution in [-0.4, -0.2) is 47.1 Å². The highest BCUT2D eigenvalue weighted by molar-refractivity contribution is 5.94. The van der Waals surface area contributed by atoms with Crippen molar-refractivity contribution in [2.24, 2.45) is 0 Å². The first-order valence-electron chi connectivity index (χ1n) is 9.29. The van der Waals surface area contributed by atoms with Crippen LogP contribution in [-0.2, 0) is 4.74 Å². The minimum atomic E-state index is 0.362. The van der Waals surface area contributed by atoms with E-state index in [4.69, 9.17) is 9.47 Å². The highest BCUT2D eigenvalue weighted by Gasteiger charge is 2.39. The molecule has 0 bridgehead atoms. The lowest BCUT2D eigenvalue weighted by Crippen LogP contribution is -2.32. The van der Waals surface area contributed by atoms with Gasteiger partial charge in [-0.3, -0.25) is 5.10 Å². The van der Waals surface area contributed by atoms with Gasteiger partial charge in [0.15, 0.2) is 0 Å². The summed E-state index contributed by atoms with van der Waals surface area (Å²) in [4.78, 5) is 7.02. The second-order valence-electron chi connectivity index (χ2n) is 6.86. The fourth-order valence-electron chi connectivity index (χ4n) is 4.18. The van der Waals surface area contributed by atoms with Gasteiger partial charge in [-0.1, -0.05) is 0 Å². The second kappa shape index (κ2) is 6.29. The highest BCUT2D eigenvalue weighted by atomic mass is 16.5. The molecule has 0 spiro atoms. The van der Waals surface area contributed by atoms with Crippen molar-refractivity contribution in [3.8, 4) is 17.0 Å². The molecule has 1 aromatic carbocycles. The van der Waals surface area contributed by atoms with Crippen LogP contribution >= 0.6 is 0 Å². The Bertz CT molecular complexity index is 938. The zero-order chi connectivity index (χ0) is 17.5. The summed E-state index contributed by atoms with van der Waals surface area (Å²) in [6, 6.07) is 10.7. The van der Waals surface area contributed by atoms with Crippen molar-refractivity contribution >= 4 is 16.7 Å². The molecule has 134 valence electrons. The van der Waals surface area contributed by atoms with Crippen LogP contribution < -0.4 is 9.64 Å². The average Bonchev–Trinajstić information content (AvgIpc) is 3.37. The number of nitrogens with one attached hydrogen (secondary N) is 1. The van der Waals surface area contributed by atoms with Crippen LogP contribution in [0.1, 0.15) is 19.8 Å². The van der Waals surface area contributed by atoms with E-state index in [9.17, 15) is 0 Å². The van der Waals surface area contributed by atoms with Gasteiger partial charge in [0.25, 0.3) is 0 Å². The molecular formula is C20H22N4O2. The number of nitrogens with zero attached hydrogens (tertiary/aromatic N) is 3. The summed E-state index contributed by atoms with van der Waals surface area (Å²) in [7, 11) is 0. The molecule has 26 heavy (non-hydrogen) atoms. The molecule has 2 unspecified atom stereocenters. The van der Waals surface area contributed by atoms with Crippen molar-refractivity contribution in [1.29, 1.82) is 0 Å². The topological polar surface area (TPSA) is 63.3 Å². The molecule has 2 aliphatic rings. The Morgan fingerprint density at radius 3 is 3.15 bits per heavy atom. The van der Waals surface area contributed by atoms with Crippen LogP contribution in [0.3, 0.4) is 0 Å². The normalized spacial score (nSPS) is 22.1. The Morgan fingerprint density at radius 2 is 2.23 bits per heavy atom. The average molecular weight is 350 g/mol. The first kappa shape index (κ1) is 15.6. The van der Waals surface area contributed by atoms with Crippen molar-refractivity contribution in [1.82, 2.24) is 15.2 Å². The molecule has 2 aliphatic heterocycles. The Hall–Kier alpha value is -2.60. The van der Waals surface area contributed by atoms with E-state index in [1.807, 2.05) is 31.3 Å². The zero-order valence-corrected chi connectivity index (χ0v) is 14.8. The number of rotatable bonds is 4. The summed E-state index contributed by atoms with van der Waals surface area (Å²) in [5, 5.41) is 8.74. The van der Waals surface area contributed by atoms with E-state index < -0.39 is 0 Å². The van der Waals surface area contributed by atoms with E-state index >= 15 is 0 Å². The van der Waals surface area contributed by atoms with Gasteiger partial charge in [-0.05, 0) is 50.1 Å². The molecule has 3 aromatic rings. The van der Waals surface area contributed by atoms with Crippen molar-refractivity contribution in [2.45, 2.75) is 31.9 Å². The van der Waals surface area contributed by atoms with Crippen molar-refractivity contribution in [2.75, 3.05) is 24.7 Å². The third-order valence-corrected chi connectivity index (χ3v) is 5.39. The van der Waals surface area contributed by atoms with E-state index in [1.165, 1.54) is 0 Å². The van der Waals surface area contributed by atoms with Gasteiger partial charge in [0.1, 0.15) is 17.3 Å². The van der Waals surface area contributed by atoms with E-state index in [2.05, 4.69) is 32.2 Å². The van der Waals surface area contributed by atoms with Crippen LogP contribution in [0.5, 0.6) is 5.75 Å². The van der Waals surface area contributed by atoms with Gasteiger partial charge in [0, 0.05) is 30.3 Å². The fraction of sp³-hybridized carbons (Fsp3) is 0.400. The predicted octanol–water partition coefficient (Wildman–Crippen LogP) is 3.39. The number of benzene rings is 1. The summed E-state index contributed by atoms with van der Waals surface area (Å²) in [6.07, 6.45) is 4.40. The standard InChI is InChI=1S/C20H22N4O2/c1-2-25-14-3-4-16-15(12-14)20(23-22-16)13-5-8-21-19(11-13)24-9-6-18-17(24)7-10-26-18/h3-5,8,11-12,17-18H,2,6-7,9-10H2,1H3,(H,22,23). The molecular weight excluding hydrogens is 328 g/mol. The zero-order valence-electron chi connectivity index (χ0n) is 14.8. The monoisotopic (exact) mass is 350 g/mol. The van der Waals surface area contributed by atoms with Gasteiger partial charge in [-0.25, -0.2) is 4.98 Å². The van der Waals surface area contributed by atoms with Gasteiger partial charge in [0.2, 0.25) is 0 Å². The molecule has 2 aromatic heterocycles. The molecule has 6 heteroatoms. The summed E-state index contributed by atoms with van der Waals surface area (Å²) in [6.45, 7) is 4.50. The number of hydrogen-bond donors (Lipinski definition) is 1. The van der Waals surface area contributed by atoms with Crippen LogP contribution in [0.2, 0.25) is 0 Å². The van der Waals surface area contributed by atoms with E-state index in [-0.39, 0.29) is 0 Å². The number of H-pyrrole nitrogens is 1. The minimum absolute atomic E-state index is 0.362. The SMILES string of the molecule is CCOc1ccc2[nH]nc(-c3ccnc(N4CCC5OCCC54)c3)c2c1. The Kier molecular flexibility index (Phi) is 3.78. The largest absolute Gasteiger partial charge is 0.494 e.